The van der Waals surface area contributed by atoms with Gasteiger partial charge in [0.05, 0.1) is 17.5 Å². The molecule has 110 valence electrons. The molecule has 6 heteroatoms. The molecule has 0 spiro atoms. The summed E-state index contributed by atoms with van der Waals surface area (Å²) in [6, 6.07) is 1.65. The Bertz CT molecular complexity index is 513. The molecule has 0 radical (unpaired) electrons. The number of aromatic nitrogens is 1. The summed E-state index contributed by atoms with van der Waals surface area (Å²) in [5, 5.41) is 0.537. The van der Waals surface area contributed by atoms with Gasteiger partial charge in [0.1, 0.15) is 5.69 Å². The topological polar surface area (TPSA) is 51.5 Å². The largest absolute Gasteiger partial charge is 0.466 e. The molecule has 2 rings (SSSR count). The molecule has 0 aromatic carbocycles. The van der Waals surface area contributed by atoms with Crippen molar-refractivity contribution in [3.8, 4) is 0 Å². The second-order valence-electron chi connectivity index (χ2n) is 5.00. The van der Waals surface area contributed by atoms with Crippen molar-refractivity contribution < 1.29 is 14.3 Å². The van der Waals surface area contributed by atoms with Crippen molar-refractivity contribution in [2.45, 2.75) is 19.8 Å². The smallest absolute Gasteiger partial charge is 0.310 e. The van der Waals surface area contributed by atoms with Crippen molar-refractivity contribution in [2.24, 2.45) is 13.0 Å². The number of ether oxygens (including phenoxy) is 1. The van der Waals surface area contributed by atoms with Crippen molar-refractivity contribution in [1.29, 1.82) is 0 Å². The van der Waals surface area contributed by atoms with Crippen LogP contribution in [0.1, 0.15) is 30.3 Å². The summed E-state index contributed by atoms with van der Waals surface area (Å²) < 4.78 is 6.75. The number of amides is 1. The average Bonchev–Trinajstić information content (AvgIpc) is 2.77. The van der Waals surface area contributed by atoms with E-state index >= 15 is 0 Å². The van der Waals surface area contributed by atoms with Crippen molar-refractivity contribution in [1.82, 2.24) is 9.47 Å². The number of esters is 1. The number of likely N-dealkylation sites (tertiary alicyclic amines) is 1. The van der Waals surface area contributed by atoms with Crippen LogP contribution in [-0.4, -0.2) is 41.0 Å². The Kier molecular flexibility index (Phi) is 4.70. The van der Waals surface area contributed by atoms with Gasteiger partial charge in [-0.2, -0.15) is 0 Å². The lowest BCUT2D eigenvalue weighted by molar-refractivity contribution is -0.149. The first kappa shape index (κ1) is 14.9. The van der Waals surface area contributed by atoms with Gasteiger partial charge in [-0.1, -0.05) is 11.6 Å². The summed E-state index contributed by atoms with van der Waals surface area (Å²) >= 11 is 5.90. The molecule has 1 aliphatic heterocycles. The molecular formula is C14H19ClN2O3. The predicted octanol–water partition coefficient (Wildman–Crippen LogP) is 2.09. The molecule has 1 fully saturated rings. The molecule has 1 amide bonds. The number of hydrogen-bond acceptors (Lipinski definition) is 3. The lowest BCUT2D eigenvalue weighted by Gasteiger charge is -2.31. The fraction of sp³-hybridized carbons (Fsp3) is 0.571. The van der Waals surface area contributed by atoms with E-state index in [1.807, 2.05) is 0 Å². The van der Waals surface area contributed by atoms with Gasteiger partial charge in [-0.3, -0.25) is 9.59 Å². The van der Waals surface area contributed by atoms with Gasteiger partial charge in [0.15, 0.2) is 0 Å². The molecule has 0 unspecified atom stereocenters. The number of halogens is 1. The van der Waals surface area contributed by atoms with E-state index in [1.54, 1.807) is 35.7 Å². The highest BCUT2D eigenvalue weighted by Gasteiger charge is 2.30. The first-order chi connectivity index (χ1) is 9.52. The van der Waals surface area contributed by atoms with Gasteiger partial charge < -0.3 is 14.2 Å². The summed E-state index contributed by atoms with van der Waals surface area (Å²) in [7, 11) is 1.78. The van der Waals surface area contributed by atoms with Crippen LogP contribution in [-0.2, 0) is 16.6 Å². The lowest BCUT2D eigenvalue weighted by Crippen LogP contribution is -2.43. The number of hydrogen-bond donors (Lipinski definition) is 0. The molecule has 0 bridgehead atoms. The fourth-order valence-electron chi connectivity index (χ4n) is 2.51. The van der Waals surface area contributed by atoms with E-state index in [1.165, 1.54) is 0 Å². The Hall–Kier alpha value is -1.49. The van der Waals surface area contributed by atoms with Crippen LogP contribution in [0.5, 0.6) is 0 Å². The van der Waals surface area contributed by atoms with Crippen LogP contribution >= 0.6 is 11.6 Å². The standard InChI is InChI=1S/C14H19ClN2O3/c1-3-20-14(19)10-5-4-6-17(8-10)13(18)12-7-11(15)9-16(12)2/h7,9-10H,3-6,8H2,1-2H3/t10-/m1/s1. The number of aryl methyl sites for hydroxylation is 1. The van der Waals surface area contributed by atoms with Crippen LogP contribution < -0.4 is 0 Å². The van der Waals surface area contributed by atoms with Crippen molar-refractivity contribution >= 4 is 23.5 Å². The Labute approximate surface area is 123 Å². The van der Waals surface area contributed by atoms with Gasteiger partial charge in [0.2, 0.25) is 0 Å². The normalized spacial score (nSPS) is 18.9. The SMILES string of the molecule is CCOC(=O)[C@@H]1CCCN(C(=O)c2cc(Cl)cn2C)C1. The third-order valence-electron chi connectivity index (χ3n) is 3.52. The van der Waals surface area contributed by atoms with Gasteiger partial charge in [-0.25, -0.2) is 0 Å². The number of carbonyl (C=O) groups excluding carboxylic acids is 2. The molecule has 1 aromatic rings. The minimum absolute atomic E-state index is 0.0894. The predicted molar refractivity (Wildman–Crippen MR) is 75.7 cm³/mol. The van der Waals surface area contributed by atoms with Gasteiger partial charge in [-0.15, -0.1) is 0 Å². The van der Waals surface area contributed by atoms with Crippen LogP contribution in [0.3, 0.4) is 0 Å². The molecule has 5 nitrogen and oxygen atoms in total. The number of rotatable bonds is 3. The summed E-state index contributed by atoms with van der Waals surface area (Å²) in [5.74, 6) is -0.522. The zero-order valence-electron chi connectivity index (χ0n) is 11.8. The van der Waals surface area contributed by atoms with E-state index < -0.39 is 0 Å². The van der Waals surface area contributed by atoms with Crippen LogP contribution in [0.4, 0.5) is 0 Å². The first-order valence-electron chi connectivity index (χ1n) is 6.80. The summed E-state index contributed by atoms with van der Waals surface area (Å²) in [4.78, 5) is 25.9. The van der Waals surface area contributed by atoms with E-state index in [4.69, 9.17) is 16.3 Å². The molecule has 2 heterocycles. The molecular weight excluding hydrogens is 280 g/mol. The van der Waals surface area contributed by atoms with E-state index in [9.17, 15) is 9.59 Å². The van der Waals surface area contributed by atoms with E-state index in [0.717, 1.165) is 12.8 Å². The van der Waals surface area contributed by atoms with Crippen LogP contribution in [0.25, 0.3) is 0 Å². The zero-order valence-corrected chi connectivity index (χ0v) is 12.5. The molecule has 20 heavy (non-hydrogen) atoms. The van der Waals surface area contributed by atoms with Crippen LogP contribution in [0.2, 0.25) is 5.02 Å². The molecule has 1 atom stereocenters. The van der Waals surface area contributed by atoms with Crippen molar-refractivity contribution in [3.63, 3.8) is 0 Å². The van der Waals surface area contributed by atoms with Crippen molar-refractivity contribution in [2.75, 3.05) is 19.7 Å². The Morgan fingerprint density at radius 1 is 1.50 bits per heavy atom. The average molecular weight is 299 g/mol. The lowest BCUT2D eigenvalue weighted by atomic mass is 9.98. The zero-order chi connectivity index (χ0) is 14.7. The highest BCUT2D eigenvalue weighted by Crippen LogP contribution is 2.21. The van der Waals surface area contributed by atoms with Gasteiger partial charge in [0, 0.05) is 26.3 Å². The second-order valence-corrected chi connectivity index (χ2v) is 5.43. The fourth-order valence-corrected chi connectivity index (χ4v) is 2.76. The van der Waals surface area contributed by atoms with E-state index in [0.29, 0.717) is 30.4 Å². The monoisotopic (exact) mass is 298 g/mol. The van der Waals surface area contributed by atoms with Crippen molar-refractivity contribution in [3.05, 3.63) is 23.0 Å². The van der Waals surface area contributed by atoms with E-state index in [-0.39, 0.29) is 17.8 Å². The summed E-state index contributed by atoms with van der Waals surface area (Å²) in [5.41, 5.74) is 0.541. The van der Waals surface area contributed by atoms with E-state index in [2.05, 4.69) is 0 Å². The quantitative estimate of drug-likeness (QED) is 0.803. The maximum absolute atomic E-state index is 12.5. The maximum atomic E-state index is 12.5. The maximum Gasteiger partial charge on any atom is 0.310 e. The Morgan fingerprint density at radius 2 is 2.25 bits per heavy atom. The number of piperidine rings is 1. The van der Waals surface area contributed by atoms with Gasteiger partial charge in [-0.05, 0) is 25.8 Å². The summed E-state index contributed by atoms with van der Waals surface area (Å²) in [6.07, 6.45) is 3.28. The molecule has 0 aliphatic carbocycles. The molecule has 1 aromatic heterocycles. The molecule has 1 aliphatic rings. The number of carbonyl (C=O) groups is 2. The Balaban J connectivity index is 2.07. The highest BCUT2D eigenvalue weighted by molar-refractivity contribution is 6.31. The van der Waals surface area contributed by atoms with Crippen LogP contribution in [0.15, 0.2) is 12.3 Å². The molecule has 1 saturated heterocycles. The minimum Gasteiger partial charge on any atom is -0.466 e. The third-order valence-corrected chi connectivity index (χ3v) is 3.73. The minimum atomic E-state index is -0.219. The molecule has 0 N–H and O–H groups in total. The van der Waals surface area contributed by atoms with Gasteiger partial charge >= 0.3 is 5.97 Å². The number of nitrogens with zero attached hydrogens (tertiary/aromatic N) is 2. The second kappa shape index (κ2) is 6.31. The molecule has 0 saturated carbocycles. The third kappa shape index (κ3) is 3.15. The summed E-state index contributed by atoms with van der Waals surface area (Å²) in [6.45, 7) is 3.24. The highest BCUT2D eigenvalue weighted by atomic mass is 35.5. The van der Waals surface area contributed by atoms with Gasteiger partial charge in [0.25, 0.3) is 5.91 Å². The first-order valence-corrected chi connectivity index (χ1v) is 7.18. The van der Waals surface area contributed by atoms with Crippen LogP contribution in [0, 0.1) is 5.92 Å². The Morgan fingerprint density at radius 3 is 2.85 bits per heavy atom.